The minimum atomic E-state index is -0.573. The molecule has 0 unspecified atom stereocenters. The van der Waals surface area contributed by atoms with Gasteiger partial charge in [0.25, 0.3) is 11.6 Å². The molecule has 0 radical (unpaired) electrons. The van der Waals surface area contributed by atoms with Crippen molar-refractivity contribution in [3.63, 3.8) is 0 Å². The summed E-state index contributed by atoms with van der Waals surface area (Å²) in [6.45, 7) is 6.36. The Morgan fingerprint density at radius 1 is 1.42 bits per heavy atom. The molecule has 1 aliphatic rings. The highest BCUT2D eigenvalue weighted by atomic mass is 16.6. The number of anilines is 1. The number of nitrogens with one attached hydrogen (secondary N) is 1. The standard InChI is InChI=1S/C16H19N5O3/c1-2-19-6-8-20(9-7-19)12-13(11-17)16(22)18-14-4-3-5-15(10-14)21(23)24/h3-5,10,12H,2,6-9H2,1H3,(H,18,22)/b13-12-. The molecule has 24 heavy (non-hydrogen) atoms. The molecule has 1 aromatic rings. The van der Waals surface area contributed by atoms with E-state index in [1.807, 2.05) is 11.0 Å². The number of nitriles is 1. The van der Waals surface area contributed by atoms with Crippen LogP contribution < -0.4 is 5.32 Å². The summed E-state index contributed by atoms with van der Waals surface area (Å²) in [5.74, 6) is -0.573. The number of amides is 1. The molecule has 8 nitrogen and oxygen atoms in total. The predicted molar refractivity (Wildman–Crippen MR) is 89.1 cm³/mol. The SMILES string of the molecule is CCN1CCN(/C=C(/C#N)C(=O)Nc2cccc([N+](=O)[O-])c2)CC1. The van der Waals surface area contributed by atoms with E-state index in [1.54, 1.807) is 12.3 Å². The zero-order valence-corrected chi connectivity index (χ0v) is 13.4. The Morgan fingerprint density at radius 3 is 2.71 bits per heavy atom. The van der Waals surface area contributed by atoms with Gasteiger partial charge in [-0.25, -0.2) is 0 Å². The summed E-state index contributed by atoms with van der Waals surface area (Å²) in [7, 11) is 0. The number of nitro groups is 1. The van der Waals surface area contributed by atoms with Gasteiger partial charge in [-0.05, 0) is 12.6 Å². The quantitative estimate of drug-likeness (QED) is 0.381. The van der Waals surface area contributed by atoms with Crippen LogP contribution in [0.1, 0.15) is 6.92 Å². The largest absolute Gasteiger partial charge is 0.374 e. The highest BCUT2D eigenvalue weighted by Gasteiger charge is 2.17. The van der Waals surface area contributed by atoms with Crippen LogP contribution in [0, 0.1) is 21.4 Å². The zero-order chi connectivity index (χ0) is 17.5. The number of hydrogen-bond donors (Lipinski definition) is 1. The second-order valence-electron chi connectivity index (χ2n) is 5.39. The van der Waals surface area contributed by atoms with E-state index in [0.29, 0.717) is 0 Å². The van der Waals surface area contributed by atoms with Crippen LogP contribution in [0.5, 0.6) is 0 Å². The van der Waals surface area contributed by atoms with Crippen molar-refractivity contribution in [3.8, 4) is 6.07 Å². The van der Waals surface area contributed by atoms with Crippen molar-refractivity contribution in [2.75, 3.05) is 38.0 Å². The van der Waals surface area contributed by atoms with Crippen molar-refractivity contribution in [2.24, 2.45) is 0 Å². The normalized spacial score (nSPS) is 15.7. The van der Waals surface area contributed by atoms with Gasteiger partial charge in [0, 0.05) is 50.2 Å². The molecule has 2 rings (SSSR count). The first-order valence-electron chi connectivity index (χ1n) is 7.67. The van der Waals surface area contributed by atoms with E-state index < -0.39 is 10.8 Å². The van der Waals surface area contributed by atoms with Gasteiger partial charge in [-0.2, -0.15) is 5.26 Å². The summed E-state index contributed by atoms with van der Waals surface area (Å²) in [5.41, 5.74) is 0.142. The molecule has 0 aliphatic carbocycles. The third-order valence-electron chi connectivity index (χ3n) is 3.85. The van der Waals surface area contributed by atoms with Crippen LogP contribution in [0.25, 0.3) is 0 Å². The van der Waals surface area contributed by atoms with Crippen molar-refractivity contribution >= 4 is 17.3 Å². The lowest BCUT2D eigenvalue weighted by Gasteiger charge is -2.33. The van der Waals surface area contributed by atoms with Crippen molar-refractivity contribution in [1.82, 2.24) is 9.80 Å². The number of benzene rings is 1. The molecule has 0 saturated carbocycles. The average Bonchev–Trinajstić information content (AvgIpc) is 2.60. The molecule has 0 spiro atoms. The first-order valence-corrected chi connectivity index (χ1v) is 7.67. The molecular formula is C16H19N5O3. The molecule has 1 aliphatic heterocycles. The van der Waals surface area contributed by atoms with Gasteiger partial charge in [0.1, 0.15) is 11.6 Å². The maximum Gasteiger partial charge on any atom is 0.271 e. The van der Waals surface area contributed by atoms with Crippen LogP contribution in [0.2, 0.25) is 0 Å². The predicted octanol–water partition coefficient (Wildman–Crippen LogP) is 1.58. The second kappa shape index (κ2) is 8.08. The summed E-state index contributed by atoms with van der Waals surface area (Å²) in [4.78, 5) is 26.7. The third-order valence-corrected chi connectivity index (χ3v) is 3.85. The molecule has 1 aromatic carbocycles. The summed E-state index contributed by atoms with van der Waals surface area (Å²) in [6.07, 6.45) is 1.56. The van der Waals surface area contributed by atoms with Gasteiger partial charge in [0.05, 0.1) is 4.92 Å². The lowest BCUT2D eigenvalue weighted by molar-refractivity contribution is -0.384. The summed E-state index contributed by atoms with van der Waals surface area (Å²) < 4.78 is 0. The van der Waals surface area contributed by atoms with Gasteiger partial charge in [-0.1, -0.05) is 13.0 Å². The lowest BCUT2D eigenvalue weighted by Crippen LogP contribution is -2.44. The Kier molecular flexibility index (Phi) is 5.87. The van der Waals surface area contributed by atoms with E-state index in [9.17, 15) is 20.2 Å². The number of carbonyl (C=O) groups is 1. The number of hydrogen-bond acceptors (Lipinski definition) is 6. The Labute approximate surface area is 140 Å². The number of non-ortho nitro benzene ring substituents is 1. The molecule has 126 valence electrons. The van der Waals surface area contributed by atoms with Crippen molar-refractivity contribution in [3.05, 3.63) is 46.2 Å². The Bertz CT molecular complexity index is 687. The summed E-state index contributed by atoms with van der Waals surface area (Å²) in [5, 5.41) is 22.5. The van der Waals surface area contributed by atoms with E-state index in [4.69, 9.17) is 0 Å². The molecule has 1 amide bonds. The molecular weight excluding hydrogens is 310 g/mol. The first kappa shape index (κ1) is 17.4. The molecule has 1 saturated heterocycles. The van der Waals surface area contributed by atoms with Crippen LogP contribution in [0.4, 0.5) is 11.4 Å². The Hall–Kier alpha value is -2.92. The highest BCUT2D eigenvalue weighted by Crippen LogP contribution is 2.17. The van der Waals surface area contributed by atoms with E-state index in [0.717, 1.165) is 32.7 Å². The highest BCUT2D eigenvalue weighted by molar-refractivity contribution is 6.06. The van der Waals surface area contributed by atoms with Gasteiger partial charge in [-0.3, -0.25) is 14.9 Å². The number of rotatable bonds is 5. The zero-order valence-electron chi connectivity index (χ0n) is 13.4. The smallest absolute Gasteiger partial charge is 0.271 e. The van der Waals surface area contributed by atoms with E-state index in [1.165, 1.54) is 18.2 Å². The fraction of sp³-hybridized carbons (Fsp3) is 0.375. The minimum absolute atomic E-state index is 0.0218. The molecule has 1 N–H and O–H groups in total. The van der Waals surface area contributed by atoms with Gasteiger partial charge in [-0.15, -0.1) is 0 Å². The average molecular weight is 329 g/mol. The van der Waals surface area contributed by atoms with Gasteiger partial charge < -0.3 is 15.1 Å². The lowest BCUT2D eigenvalue weighted by atomic mass is 10.2. The van der Waals surface area contributed by atoms with Gasteiger partial charge >= 0.3 is 0 Å². The molecule has 1 fully saturated rings. The third kappa shape index (κ3) is 4.54. The van der Waals surface area contributed by atoms with Crippen LogP contribution in [-0.2, 0) is 4.79 Å². The summed E-state index contributed by atoms with van der Waals surface area (Å²) in [6, 6.07) is 7.51. The van der Waals surface area contributed by atoms with Crippen LogP contribution >= 0.6 is 0 Å². The molecule has 0 atom stereocenters. The van der Waals surface area contributed by atoms with Gasteiger partial charge in [0.15, 0.2) is 0 Å². The van der Waals surface area contributed by atoms with Crippen LogP contribution in [0.3, 0.4) is 0 Å². The van der Waals surface area contributed by atoms with Crippen molar-refractivity contribution < 1.29 is 9.72 Å². The molecule has 0 bridgehead atoms. The van der Waals surface area contributed by atoms with Crippen LogP contribution in [-0.4, -0.2) is 53.4 Å². The van der Waals surface area contributed by atoms with E-state index in [2.05, 4.69) is 17.1 Å². The fourth-order valence-corrected chi connectivity index (χ4v) is 2.43. The maximum atomic E-state index is 12.2. The minimum Gasteiger partial charge on any atom is -0.374 e. The maximum absolute atomic E-state index is 12.2. The van der Waals surface area contributed by atoms with E-state index in [-0.39, 0.29) is 16.9 Å². The molecule has 1 heterocycles. The molecule has 8 heteroatoms. The number of carbonyl (C=O) groups excluding carboxylic acids is 1. The van der Waals surface area contributed by atoms with Crippen LogP contribution in [0.15, 0.2) is 36.0 Å². The Balaban J connectivity index is 2.04. The second-order valence-corrected chi connectivity index (χ2v) is 5.39. The monoisotopic (exact) mass is 329 g/mol. The first-order chi connectivity index (χ1) is 11.5. The number of likely N-dealkylation sites (N-methyl/N-ethyl adjacent to an activating group) is 1. The van der Waals surface area contributed by atoms with Crippen molar-refractivity contribution in [1.29, 1.82) is 5.26 Å². The number of nitro benzene ring substituents is 1. The molecule has 0 aromatic heterocycles. The summed E-state index contributed by atoms with van der Waals surface area (Å²) >= 11 is 0. The number of nitrogens with zero attached hydrogens (tertiary/aromatic N) is 4. The Morgan fingerprint density at radius 2 is 2.12 bits per heavy atom. The van der Waals surface area contributed by atoms with Gasteiger partial charge in [0.2, 0.25) is 0 Å². The fourth-order valence-electron chi connectivity index (χ4n) is 2.43. The topological polar surface area (TPSA) is 103 Å². The van der Waals surface area contributed by atoms with Crippen molar-refractivity contribution in [2.45, 2.75) is 6.92 Å². The number of piperazine rings is 1. The van der Waals surface area contributed by atoms with E-state index >= 15 is 0 Å².